The third-order valence-corrected chi connectivity index (χ3v) is 3.53. The lowest BCUT2D eigenvalue weighted by molar-refractivity contribution is -0.128. The molecule has 1 N–H and O–H groups in total. The second kappa shape index (κ2) is 6.01. The number of aryl methyl sites for hydroxylation is 1. The average Bonchev–Trinajstić information content (AvgIpc) is 2.78. The van der Waals surface area contributed by atoms with Crippen molar-refractivity contribution in [3.8, 4) is 0 Å². The van der Waals surface area contributed by atoms with E-state index in [9.17, 15) is 4.79 Å². The van der Waals surface area contributed by atoms with Gasteiger partial charge in [0.05, 0.1) is 6.54 Å². The summed E-state index contributed by atoms with van der Waals surface area (Å²) < 4.78 is 0. The lowest BCUT2D eigenvalue weighted by atomic mass is 10.1. The van der Waals surface area contributed by atoms with Crippen LogP contribution in [-0.2, 0) is 11.2 Å². The van der Waals surface area contributed by atoms with Crippen molar-refractivity contribution in [2.24, 2.45) is 0 Å². The van der Waals surface area contributed by atoms with Crippen LogP contribution in [0.1, 0.15) is 44.0 Å². The largest absolute Gasteiger partial charge is 0.322 e. The van der Waals surface area contributed by atoms with E-state index < -0.39 is 0 Å². The molecular formula is C15H22N2O. The molecule has 18 heavy (non-hydrogen) atoms. The predicted octanol–water partition coefficient (Wildman–Crippen LogP) is 2.48. The minimum atomic E-state index is 0.0648. The van der Waals surface area contributed by atoms with Gasteiger partial charge in [-0.2, -0.15) is 0 Å². The van der Waals surface area contributed by atoms with Gasteiger partial charge in [-0.05, 0) is 24.0 Å². The number of hydrogen-bond acceptors (Lipinski definition) is 2. The van der Waals surface area contributed by atoms with E-state index in [0.717, 1.165) is 25.8 Å². The molecule has 3 nitrogen and oxygen atoms in total. The first-order valence-corrected chi connectivity index (χ1v) is 6.88. The number of carbonyl (C=O) groups is 1. The standard InChI is InChI=1S/C15H22N2O/c1-3-5-10-17-14(18)11-16-15(17)13-8-6-12(4-2)7-9-13/h6-9,15-16H,3-5,10-11H2,1-2H3. The van der Waals surface area contributed by atoms with Crippen LogP contribution in [0.15, 0.2) is 24.3 Å². The van der Waals surface area contributed by atoms with E-state index in [1.807, 2.05) is 4.90 Å². The number of unbranched alkanes of at least 4 members (excludes halogenated alkanes) is 1. The summed E-state index contributed by atoms with van der Waals surface area (Å²) in [6.07, 6.45) is 3.30. The van der Waals surface area contributed by atoms with Crippen LogP contribution in [0.3, 0.4) is 0 Å². The molecule has 3 heteroatoms. The van der Waals surface area contributed by atoms with Gasteiger partial charge in [-0.1, -0.05) is 44.5 Å². The molecule has 1 aromatic rings. The van der Waals surface area contributed by atoms with Gasteiger partial charge < -0.3 is 4.90 Å². The summed E-state index contributed by atoms with van der Waals surface area (Å²) in [5, 5.41) is 3.30. The van der Waals surface area contributed by atoms with Gasteiger partial charge in [0.25, 0.3) is 0 Å². The van der Waals surface area contributed by atoms with E-state index in [1.54, 1.807) is 0 Å². The number of nitrogens with one attached hydrogen (secondary N) is 1. The van der Waals surface area contributed by atoms with E-state index in [0.29, 0.717) is 6.54 Å². The molecule has 1 atom stereocenters. The first kappa shape index (κ1) is 13.1. The topological polar surface area (TPSA) is 32.3 Å². The van der Waals surface area contributed by atoms with Crippen molar-refractivity contribution >= 4 is 5.91 Å². The molecule has 1 aliphatic rings. The van der Waals surface area contributed by atoms with Crippen LogP contribution in [-0.4, -0.2) is 23.9 Å². The van der Waals surface area contributed by atoms with Crippen molar-refractivity contribution in [3.63, 3.8) is 0 Å². The fraction of sp³-hybridized carbons (Fsp3) is 0.533. The van der Waals surface area contributed by atoms with Crippen LogP contribution in [0.4, 0.5) is 0 Å². The van der Waals surface area contributed by atoms with Gasteiger partial charge in [-0.3, -0.25) is 10.1 Å². The Morgan fingerprint density at radius 3 is 2.61 bits per heavy atom. The number of nitrogens with zero attached hydrogens (tertiary/aromatic N) is 1. The number of carbonyl (C=O) groups excluding carboxylic acids is 1. The zero-order valence-corrected chi connectivity index (χ0v) is 11.3. The van der Waals surface area contributed by atoms with Gasteiger partial charge in [-0.15, -0.1) is 0 Å². The maximum atomic E-state index is 11.9. The Morgan fingerprint density at radius 2 is 2.00 bits per heavy atom. The van der Waals surface area contributed by atoms with Crippen LogP contribution >= 0.6 is 0 Å². The number of rotatable bonds is 5. The third-order valence-electron chi connectivity index (χ3n) is 3.53. The van der Waals surface area contributed by atoms with Crippen LogP contribution in [0.2, 0.25) is 0 Å². The highest BCUT2D eigenvalue weighted by Gasteiger charge is 2.30. The van der Waals surface area contributed by atoms with Gasteiger partial charge in [0.1, 0.15) is 6.17 Å². The summed E-state index contributed by atoms with van der Waals surface area (Å²) in [6, 6.07) is 8.57. The summed E-state index contributed by atoms with van der Waals surface area (Å²) in [7, 11) is 0. The lowest BCUT2D eigenvalue weighted by Gasteiger charge is -2.24. The second-order valence-electron chi connectivity index (χ2n) is 4.82. The summed E-state index contributed by atoms with van der Waals surface area (Å²) in [5.41, 5.74) is 2.53. The second-order valence-corrected chi connectivity index (χ2v) is 4.82. The molecular weight excluding hydrogens is 224 g/mol. The maximum absolute atomic E-state index is 11.9. The summed E-state index contributed by atoms with van der Waals surface area (Å²) in [5.74, 6) is 0.216. The Hall–Kier alpha value is -1.35. The van der Waals surface area contributed by atoms with Crippen molar-refractivity contribution in [1.29, 1.82) is 0 Å². The van der Waals surface area contributed by atoms with Gasteiger partial charge in [0, 0.05) is 6.54 Å². The molecule has 0 aromatic heterocycles. The highest BCUT2D eigenvalue weighted by Crippen LogP contribution is 2.23. The first-order valence-electron chi connectivity index (χ1n) is 6.88. The highest BCUT2D eigenvalue weighted by atomic mass is 16.2. The van der Waals surface area contributed by atoms with Crippen molar-refractivity contribution < 1.29 is 4.79 Å². The maximum Gasteiger partial charge on any atom is 0.238 e. The van der Waals surface area contributed by atoms with Crippen molar-refractivity contribution in [2.75, 3.05) is 13.1 Å². The molecule has 0 bridgehead atoms. The van der Waals surface area contributed by atoms with E-state index in [1.165, 1.54) is 11.1 Å². The van der Waals surface area contributed by atoms with Crippen molar-refractivity contribution in [1.82, 2.24) is 10.2 Å². The average molecular weight is 246 g/mol. The van der Waals surface area contributed by atoms with E-state index in [2.05, 4.69) is 43.4 Å². The highest BCUT2D eigenvalue weighted by molar-refractivity contribution is 5.80. The molecule has 0 saturated carbocycles. The minimum Gasteiger partial charge on any atom is -0.322 e. The Balaban J connectivity index is 2.12. The zero-order valence-electron chi connectivity index (χ0n) is 11.3. The lowest BCUT2D eigenvalue weighted by Crippen LogP contribution is -2.31. The minimum absolute atomic E-state index is 0.0648. The molecule has 1 fully saturated rings. The summed E-state index contributed by atoms with van der Waals surface area (Å²) in [6.45, 7) is 5.62. The fourth-order valence-corrected chi connectivity index (χ4v) is 2.36. The van der Waals surface area contributed by atoms with Gasteiger partial charge >= 0.3 is 0 Å². The van der Waals surface area contributed by atoms with Crippen LogP contribution in [0, 0.1) is 0 Å². The normalized spacial score (nSPS) is 19.6. The van der Waals surface area contributed by atoms with Crippen molar-refractivity contribution in [2.45, 2.75) is 39.3 Å². The van der Waals surface area contributed by atoms with E-state index in [4.69, 9.17) is 0 Å². The SMILES string of the molecule is CCCCN1C(=O)CNC1c1ccc(CC)cc1. The monoisotopic (exact) mass is 246 g/mol. The van der Waals surface area contributed by atoms with E-state index >= 15 is 0 Å². The fourth-order valence-electron chi connectivity index (χ4n) is 2.36. The molecule has 0 aliphatic carbocycles. The zero-order chi connectivity index (χ0) is 13.0. The molecule has 1 saturated heterocycles. The number of benzene rings is 1. The number of hydrogen-bond donors (Lipinski definition) is 1. The molecule has 0 radical (unpaired) electrons. The Kier molecular flexibility index (Phi) is 4.37. The van der Waals surface area contributed by atoms with E-state index in [-0.39, 0.29) is 12.1 Å². The predicted molar refractivity (Wildman–Crippen MR) is 73.2 cm³/mol. The Bertz CT molecular complexity index is 399. The van der Waals surface area contributed by atoms with Gasteiger partial charge in [0.2, 0.25) is 5.91 Å². The van der Waals surface area contributed by atoms with Gasteiger partial charge in [0.15, 0.2) is 0 Å². The van der Waals surface area contributed by atoms with Crippen molar-refractivity contribution in [3.05, 3.63) is 35.4 Å². The summed E-state index contributed by atoms with van der Waals surface area (Å²) in [4.78, 5) is 13.8. The molecule has 2 rings (SSSR count). The molecule has 1 aromatic carbocycles. The van der Waals surface area contributed by atoms with Gasteiger partial charge in [-0.25, -0.2) is 0 Å². The molecule has 1 aliphatic heterocycles. The Morgan fingerprint density at radius 1 is 1.28 bits per heavy atom. The summed E-state index contributed by atoms with van der Waals surface area (Å²) >= 11 is 0. The quantitative estimate of drug-likeness (QED) is 0.865. The molecule has 1 amide bonds. The van der Waals surface area contributed by atoms with Crippen LogP contribution in [0.5, 0.6) is 0 Å². The molecule has 1 heterocycles. The van der Waals surface area contributed by atoms with Crippen LogP contribution < -0.4 is 5.32 Å². The smallest absolute Gasteiger partial charge is 0.238 e. The molecule has 0 spiro atoms. The molecule has 1 unspecified atom stereocenters. The third kappa shape index (κ3) is 2.72. The number of amides is 1. The molecule has 98 valence electrons. The Labute approximate surface area is 109 Å². The first-order chi connectivity index (χ1) is 8.76. The van der Waals surface area contributed by atoms with Crippen LogP contribution in [0.25, 0.3) is 0 Å².